The number of hydrogen-bond donors (Lipinski definition) is 1. The SMILES string of the molecule is NC(c1ccccc1Cl)C1(N2CCCC2)CCCC1. The maximum atomic E-state index is 6.69. The lowest BCUT2D eigenvalue weighted by atomic mass is 9.82. The van der Waals surface area contributed by atoms with E-state index in [4.69, 9.17) is 17.3 Å². The van der Waals surface area contributed by atoms with Crippen LogP contribution in [-0.2, 0) is 0 Å². The van der Waals surface area contributed by atoms with Gasteiger partial charge in [0, 0.05) is 16.6 Å². The number of benzene rings is 1. The first-order valence-corrected chi connectivity index (χ1v) is 7.87. The molecule has 1 saturated heterocycles. The van der Waals surface area contributed by atoms with Crippen LogP contribution >= 0.6 is 11.6 Å². The van der Waals surface area contributed by atoms with E-state index < -0.39 is 0 Å². The maximum absolute atomic E-state index is 6.69. The van der Waals surface area contributed by atoms with Crippen molar-refractivity contribution in [3.05, 3.63) is 34.9 Å². The van der Waals surface area contributed by atoms with Crippen LogP contribution in [0.15, 0.2) is 24.3 Å². The predicted octanol–water partition coefficient (Wildman–Crippen LogP) is 3.75. The third-order valence-electron chi connectivity index (χ3n) is 5.02. The highest BCUT2D eigenvalue weighted by molar-refractivity contribution is 6.31. The quantitative estimate of drug-likeness (QED) is 0.912. The molecule has 0 radical (unpaired) electrons. The van der Waals surface area contributed by atoms with E-state index in [0.717, 1.165) is 10.6 Å². The Balaban J connectivity index is 1.94. The van der Waals surface area contributed by atoms with Crippen molar-refractivity contribution >= 4 is 11.6 Å². The average Bonchev–Trinajstić information content (AvgIpc) is 3.10. The zero-order valence-electron chi connectivity index (χ0n) is 11.4. The molecule has 2 N–H and O–H groups in total. The van der Waals surface area contributed by atoms with Crippen molar-refractivity contribution in [3.63, 3.8) is 0 Å². The van der Waals surface area contributed by atoms with Crippen molar-refractivity contribution in [2.75, 3.05) is 13.1 Å². The van der Waals surface area contributed by atoms with E-state index in [-0.39, 0.29) is 11.6 Å². The Bertz CT molecular complexity index is 434. The van der Waals surface area contributed by atoms with E-state index in [1.54, 1.807) is 0 Å². The van der Waals surface area contributed by atoms with Gasteiger partial charge in [-0.15, -0.1) is 0 Å². The van der Waals surface area contributed by atoms with Gasteiger partial charge in [-0.2, -0.15) is 0 Å². The largest absolute Gasteiger partial charge is 0.322 e. The Hall–Kier alpha value is -0.570. The molecule has 1 atom stereocenters. The first-order valence-electron chi connectivity index (χ1n) is 7.49. The lowest BCUT2D eigenvalue weighted by Crippen LogP contribution is -2.52. The van der Waals surface area contributed by atoms with Crippen LogP contribution in [0.2, 0.25) is 5.02 Å². The predicted molar refractivity (Wildman–Crippen MR) is 80.4 cm³/mol. The second-order valence-electron chi connectivity index (χ2n) is 6.00. The molecule has 1 aliphatic carbocycles. The Labute approximate surface area is 120 Å². The van der Waals surface area contributed by atoms with Gasteiger partial charge in [0.15, 0.2) is 0 Å². The minimum absolute atomic E-state index is 0.0433. The van der Waals surface area contributed by atoms with Gasteiger partial charge in [0.2, 0.25) is 0 Å². The van der Waals surface area contributed by atoms with Crippen LogP contribution in [0.25, 0.3) is 0 Å². The number of nitrogens with zero attached hydrogens (tertiary/aromatic N) is 1. The highest BCUT2D eigenvalue weighted by Gasteiger charge is 2.46. The van der Waals surface area contributed by atoms with Gasteiger partial charge in [0.1, 0.15) is 0 Å². The fraction of sp³-hybridized carbons (Fsp3) is 0.625. The molecule has 3 rings (SSSR count). The lowest BCUT2D eigenvalue weighted by molar-refractivity contribution is 0.0922. The smallest absolute Gasteiger partial charge is 0.0497 e. The molecular formula is C16H23ClN2. The summed E-state index contributed by atoms with van der Waals surface area (Å²) in [5.74, 6) is 0. The second kappa shape index (κ2) is 5.43. The highest BCUT2D eigenvalue weighted by Crippen LogP contribution is 2.45. The Kier molecular flexibility index (Phi) is 3.84. The van der Waals surface area contributed by atoms with E-state index in [9.17, 15) is 0 Å². The molecular weight excluding hydrogens is 256 g/mol. The third kappa shape index (κ3) is 2.31. The van der Waals surface area contributed by atoms with E-state index in [0.29, 0.717) is 0 Å². The summed E-state index contributed by atoms with van der Waals surface area (Å²) < 4.78 is 0. The Morgan fingerprint density at radius 1 is 1.05 bits per heavy atom. The van der Waals surface area contributed by atoms with Gasteiger partial charge in [-0.3, -0.25) is 4.90 Å². The Morgan fingerprint density at radius 3 is 2.32 bits per heavy atom. The standard InChI is InChI=1S/C16H23ClN2/c17-14-8-2-1-7-13(14)15(18)16(9-3-4-10-16)19-11-5-6-12-19/h1-2,7-8,15H,3-6,9-12,18H2. The van der Waals surface area contributed by atoms with Crippen molar-refractivity contribution in [2.45, 2.75) is 50.1 Å². The van der Waals surface area contributed by atoms with Crippen molar-refractivity contribution in [1.82, 2.24) is 4.90 Å². The highest BCUT2D eigenvalue weighted by atomic mass is 35.5. The van der Waals surface area contributed by atoms with Gasteiger partial charge in [-0.1, -0.05) is 42.6 Å². The molecule has 2 fully saturated rings. The number of nitrogens with two attached hydrogens (primary N) is 1. The van der Waals surface area contributed by atoms with Gasteiger partial charge in [0.25, 0.3) is 0 Å². The van der Waals surface area contributed by atoms with Crippen LogP contribution in [0.5, 0.6) is 0 Å². The van der Waals surface area contributed by atoms with E-state index >= 15 is 0 Å². The minimum Gasteiger partial charge on any atom is -0.322 e. The molecule has 1 aromatic carbocycles. The molecule has 0 bridgehead atoms. The summed E-state index contributed by atoms with van der Waals surface area (Å²) in [7, 11) is 0. The summed E-state index contributed by atoms with van der Waals surface area (Å²) in [5, 5.41) is 0.820. The van der Waals surface area contributed by atoms with E-state index in [1.165, 1.54) is 51.6 Å². The molecule has 1 heterocycles. The molecule has 2 aliphatic rings. The fourth-order valence-electron chi connectivity index (χ4n) is 3.99. The number of halogens is 1. The first kappa shape index (κ1) is 13.4. The van der Waals surface area contributed by atoms with E-state index in [2.05, 4.69) is 11.0 Å². The molecule has 1 unspecified atom stereocenters. The summed E-state index contributed by atoms with van der Waals surface area (Å²) >= 11 is 6.37. The average molecular weight is 279 g/mol. The van der Waals surface area contributed by atoms with E-state index in [1.807, 2.05) is 18.2 Å². The summed E-state index contributed by atoms with van der Waals surface area (Å²) in [6.07, 6.45) is 7.68. The first-order chi connectivity index (χ1) is 9.24. The van der Waals surface area contributed by atoms with Crippen LogP contribution in [-0.4, -0.2) is 23.5 Å². The number of hydrogen-bond acceptors (Lipinski definition) is 2. The molecule has 0 aromatic heterocycles. The molecule has 3 heteroatoms. The summed E-state index contributed by atoms with van der Waals surface area (Å²) in [6, 6.07) is 8.14. The third-order valence-corrected chi connectivity index (χ3v) is 5.37. The maximum Gasteiger partial charge on any atom is 0.0497 e. The number of likely N-dealkylation sites (tertiary alicyclic amines) is 1. The van der Waals surface area contributed by atoms with Crippen molar-refractivity contribution in [3.8, 4) is 0 Å². The van der Waals surface area contributed by atoms with Gasteiger partial charge >= 0.3 is 0 Å². The molecule has 1 aromatic rings. The normalized spacial score (nSPS) is 24.7. The van der Waals surface area contributed by atoms with Gasteiger partial charge < -0.3 is 5.73 Å². The van der Waals surface area contributed by atoms with Crippen LogP contribution in [0.3, 0.4) is 0 Å². The van der Waals surface area contributed by atoms with Gasteiger partial charge in [0.05, 0.1) is 0 Å². The second-order valence-corrected chi connectivity index (χ2v) is 6.41. The van der Waals surface area contributed by atoms with Crippen LogP contribution in [0, 0.1) is 0 Å². The molecule has 0 amide bonds. The van der Waals surface area contributed by atoms with Crippen LogP contribution < -0.4 is 5.73 Å². The summed E-state index contributed by atoms with van der Waals surface area (Å²) in [6.45, 7) is 2.41. The Morgan fingerprint density at radius 2 is 1.68 bits per heavy atom. The van der Waals surface area contributed by atoms with Crippen LogP contribution in [0.1, 0.15) is 50.1 Å². The van der Waals surface area contributed by atoms with Crippen LogP contribution in [0.4, 0.5) is 0 Å². The van der Waals surface area contributed by atoms with Crippen molar-refractivity contribution in [2.24, 2.45) is 5.73 Å². The topological polar surface area (TPSA) is 29.3 Å². The molecule has 1 saturated carbocycles. The monoisotopic (exact) mass is 278 g/mol. The molecule has 0 spiro atoms. The minimum atomic E-state index is 0.0433. The summed E-state index contributed by atoms with van der Waals surface area (Å²) in [5.41, 5.74) is 7.97. The zero-order chi connectivity index (χ0) is 13.3. The number of rotatable bonds is 3. The molecule has 19 heavy (non-hydrogen) atoms. The summed E-state index contributed by atoms with van der Waals surface area (Å²) in [4.78, 5) is 2.65. The lowest BCUT2D eigenvalue weighted by Gasteiger charge is -2.44. The molecule has 1 aliphatic heterocycles. The fourth-order valence-corrected chi connectivity index (χ4v) is 4.24. The van der Waals surface area contributed by atoms with Crippen molar-refractivity contribution in [1.29, 1.82) is 0 Å². The molecule has 2 nitrogen and oxygen atoms in total. The van der Waals surface area contributed by atoms with Gasteiger partial charge in [-0.25, -0.2) is 0 Å². The van der Waals surface area contributed by atoms with Gasteiger partial charge in [-0.05, 0) is 50.4 Å². The zero-order valence-corrected chi connectivity index (χ0v) is 12.2. The van der Waals surface area contributed by atoms with Crippen molar-refractivity contribution < 1.29 is 0 Å². The molecule has 104 valence electrons.